The van der Waals surface area contributed by atoms with Gasteiger partial charge in [0, 0.05) is 0 Å². The molecule has 0 spiro atoms. The summed E-state index contributed by atoms with van der Waals surface area (Å²) in [6.07, 6.45) is 0. The highest BCUT2D eigenvalue weighted by Gasteiger charge is 2.25. The summed E-state index contributed by atoms with van der Waals surface area (Å²) in [5.74, 6) is 0. The van der Waals surface area contributed by atoms with Crippen LogP contribution in [-0.4, -0.2) is 0 Å². The summed E-state index contributed by atoms with van der Waals surface area (Å²) < 4.78 is 0. The van der Waals surface area contributed by atoms with Crippen LogP contribution in [0.2, 0.25) is 0 Å². The molecule has 45 heavy (non-hydrogen) atoms. The lowest BCUT2D eigenvalue weighted by molar-refractivity contribution is 1.50. The van der Waals surface area contributed by atoms with Crippen LogP contribution in [0.15, 0.2) is 170 Å². The molecule has 0 unspecified atom stereocenters. The molecule has 8 aromatic carbocycles. The number of benzene rings is 8. The molecule has 0 saturated carbocycles. The van der Waals surface area contributed by atoms with E-state index >= 15 is 0 Å². The number of rotatable bonds is 4. The summed E-state index contributed by atoms with van der Waals surface area (Å²) >= 11 is 0. The molecule has 0 nitrogen and oxygen atoms in total. The Kier molecular flexibility index (Phi) is 8.58. The van der Waals surface area contributed by atoms with Crippen molar-refractivity contribution in [3.8, 4) is 44.5 Å². The third kappa shape index (κ3) is 5.09. The fourth-order valence-electron chi connectivity index (χ4n) is 6.75. The highest BCUT2D eigenvalue weighted by Crippen LogP contribution is 2.53. The Hall–Kier alpha value is -5.46. The Labute approximate surface area is 267 Å². The summed E-state index contributed by atoms with van der Waals surface area (Å²) in [6.45, 7) is 4.00. The molecule has 0 amide bonds. The average molecular weight is 579 g/mol. The molecule has 0 aliphatic carbocycles. The lowest BCUT2D eigenvalue weighted by Crippen LogP contribution is -1.97. The Morgan fingerprint density at radius 2 is 0.422 bits per heavy atom. The highest BCUT2D eigenvalue weighted by atomic mass is 14.3. The van der Waals surface area contributed by atoms with E-state index in [9.17, 15) is 0 Å². The first-order chi connectivity index (χ1) is 21.9. The van der Waals surface area contributed by atoms with Gasteiger partial charge in [0.25, 0.3) is 0 Å². The maximum atomic E-state index is 2.30. The van der Waals surface area contributed by atoms with Gasteiger partial charge in [0.05, 0.1) is 0 Å². The van der Waals surface area contributed by atoms with Crippen LogP contribution in [-0.2, 0) is 0 Å². The molecule has 0 aliphatic heterocycles. The van der Waals surface area contributed by atoms with Crippen LogP contribution in [0, 0.1) is 0 Å². The van der Waals surface area contributed by atoms with E-state index in [1.165, 1.54) is 76.8 Å². The van der Waals surface area contributed by atoms with Crippen LogP contribution in [0.1, 0.15) is 21.3 Å². The monoisotopic (exact) mass is 578 g/mol. The number of hydrogen-bond acceptors (Lipinski definition) is 0. The summed E-state index contributed by atoms with van der Waals surface area (Å²) in [5.41, 5.74) is 10.0. The molecular weight excluding hydrogens is 540 g/mol. The smallest absolute Gasteiger partial charge is 0.000139 e. The lowest BCUT2D eigenvalue weighted by atomic mass is 9.77. The molecule has 8 aromatic rings. The van der Waals surface area contributed by atoms with Gasteiger partial charge >= 0.3 is 0 Å². The topological polar surface area (TPSA) is 0 Å². The zero-order valence-electron chi connectivity index (χ0n) is 25.2. The zero-order chi connectivity index (χ0) is 29.9. The fourth-order valence-corrected chi connectivity index (χ4v) is 6.75. The second-order valence-corrected chi connectivity index (χ2v) is 10.8. The first kappa shape index (κ1) is 29.6. The second kappa shape index (κ2) is 13.0. The van der Waals surface area contributed by atoms with E-state index in [-0.39, 0.29) is 7.43 Å². The van der Waals surface area contributed by atoms with Gasteiger partial charge in [0.1, 0.15) is 0 Å². The van der Waals surface area contributed by atoms with Gasteiger partial charge < -0.3 is 0 Å². The molecule has 0 atom stereocenters. The SMILES string of the molecule is C.CC.c1ccc(-c2c3ccccc3c(-c3ccccc3)c3c(-c4ccccc4)c4ccccc4c(-c4ccccc4)c23)cc1. The predicted octanol–water partition coefficient (Wildman–Crippen LogP) is 13.5. The maximum Gasteiger partial charge on any atom is -0.000139 e. The largest absolute Gasteiger partial charge is 0.0776 e. The van der Waals surface area contributed by atoms with E-state index in [0.29, 0.717) is 0 Å². The van der Waals surface area contributed by atoms with Gasteiger partial charge in [-0.25, -0.2) is 0 Å². The molecular formula is C45H38. The highest BCUT2D eigenvalue weighted by molar-refractivity contribution is 6.33. The van der Waals surface area contributed by atoms with E-state index in [1.807, 2.05) is 13.8 Å². The fraction of sp³-hybridized carbons (Fsp3) is 0.0667. The Morgan fingerprint density at radius 3 is 0.622 bits per heavy atom. The van der Waals surface area contributed by atoms with Crippen molar-refractivity contribution in [1.82, 2.24) is 0 Å². The van der Waals surface area contributed by atoms with Crippen LogP contribution in [0.4, 0.5) is 0 Å². The van der Waals surface area contributed by atoms with Crippen molar-refractivity contribution in [1.29, 1.82) is 0 Å². The van der Waals surface area contributed by atoms with Crippen LogP contribution >= 0.6 is 0 Å². The van der Waals surface area contributed by atoms with E-state index in [1.54, 1.807) is 0 Å². The molecule has 218 valence electrons. The van der Waals surface area contributed by atoms with Crippen molar-refractivity contribution in [2.75, 3.05) is 0 Å². The summed E-state index contributed by atoms with van der Waals surface area (Å²) in [4.78, 5) is 0. The van der Waals surface area contributed by atoms with Gasteiger partial charge in [0.15, 0.2) is 0 Å². The van der Waals surface area contributed by atoms with Gasteiger partial charge in [-0.15, -0.1) is 0 Å². The zero-order valence-corrected chi connectivity index (χ0v) is 25.2. The van der Waals surface area contributed by atoms with E-state index in [0.717, 1.165) is 0 Å². The number of fused-ring (bicyclic) bond motifs is 3. The van der Waals surface area contributed by atoms with Crippen LogP contribution in [0.25, 0.3) is 76.8 Å². The van der Waals surface area contributed by atoms with Gasteiger partial charge in [-0.3, -0.25) is 0 Å². The third-order valence-corrected chi connectivity index (χ3v) is 8.43. The van der Waals surface area contributed by atoms with Crippen LogP contribution < -0.4 is 0 Å². The molecule has 0 fully saturated rings. The Morgan fingerprint density at radius 1 is 0.244 bits per heavy atom. The third-order valence-electron chi connectivity index (χ3n) is 8.43. The van der Waals surface area contributed by atoms with Gasteiger partial charge in [0.2, 0.25) is 0 Å². The van der Waals surface area contributed by atoms with Crippen molar-refractivity contribution in [2.24, 2.45) is 0 Å². The average Bonchev–Trinajstić information content (AvgIpc) is 3.12. The van der Waals surface area contributed by atoms with Crippen molar-refractivity contribution in [2.45, 2.75) is 21.3 Å². The minimum absolute atomic E-state index is 0. The quantitative estimate of drug-likeness (QED) is 0.182. The minimum Gasteiger partial charge on any atom is -0.0776 e. The van der Waals surface area contributed by atoms with Gasteiger partial charge in [-0.1, -0.05) is 191 Å². The van der Waals surface area contributed by atoms with E-state index in [4.69, 9.17) is 0 Å². The first-order valence-corrected chi connectivity index (χ1v) is 15.5. The Bertz CT molecular complexity index is 1880. The molecule has 0 bridgehead atoms. The summed E-state index contributed by atoms with van der Waals surface area (Å²) in [6, 6.07) is 61.7. The van der Waals surface area contributed by atoms with Gasteiger partial charge in [-0.05, 0) is 76.8 Å². The normalized spacial score (nSPS) is 10.7. The van der Waals surface area contributed by atoms with Crippen LogP contribution in [0.3, 0.4) is 0 Å². The molecule has 0 aromatic heterocycles. The molecule has 0 aliphatic rings. The summed E-state index contributed by atoms with van der Waals surface area (Å²) in [7, 11) is 0. The van der Waals surface area contributed by atoms with Crippen molar-refractivity contribution in [3.63, 3.8) is 0 Å². The maximum absolute atomic E-state index is 2.30. The molecule has 0 heterocycles. The second-order valence-electron chi connectivity index (χ2n) is 10.8. The van der Waals surface area contributed by atoms with Gasteiger partial charge in [-0.2, -0.15) is 0 Å². The first-order valence-electron chi connectivity index (χ1n) is 15.5. The molecule has 0 N–H and O–H groups in total. The van der Waals surface area contributed by atoms with E-state index < -0.39 is 0 Å². The van der Waals surface area contributed by atoms with Crippen molar-refractivity contribution < 1.29 is 0 Å². The Balaban J connectivity index is 0.00000117. The molecule has 0 radical (unpaired) electrons. The number of hydrogen-bond donors (Lipinski definition) is 0. The minimum atomic E-state index is 0. The molecule has 0 saturated heterocycles. The summed E-state index contributed by atoms with van der Waals surface area (Å²) in [5, 5.41) is 7.65. The lowest BCUT2D eigenvalue weighted by Gasteiger charge is -2.25. The molecule has 8 rings (SSSR count). The van der Waals surface area contributed by atoms with Crippen molar-refractivity contribution in [3.05, 3.63) is 170 Å². The predicted molar refractivity (Wildman–Crippen MR) is 199 cm³/mol. The molecule has 0 heteroatoms. The standard InChI is InChI=1S/C42H28.C2H6.CH4/c1-5-17-29(18-6-1)37-33-25-13-14-26-34(33)39(31-21-9-3-10-22-31)42-40(32-23-11-4-12-24-32)36-28-16-15-27-35(36)38(41(37)42)30-19-7-2-8-20-30;1-2;/h1-28H;1-2H3;1H4. The van der Waals surface area contributed by atoms with Crippen molar-refractivity contribution >= 4 is 32.3 Å². The van der Waals surface area contributed by atoms with E-state index in [2.05, 4.69) is 170 Å². The van der Waals surface area contributed by atoms with Crippen LogP contribution in [0.5, 0.6) is 0 Å².